The molecule has 0 aliphatic carbocycles. The smallest absolute Gasteiger partial charge is 0.238 e. The monoisotopic (exact) mass is 278 g/mol. The summed E-state index contributed by atoms with van der Waals surface area (Å²) in [5.41, 5.74) is 0.938. The molecule has 6 nitrogen and oxygen atoms in total. The van der Waals surface area contributed by atoms with E-state index in [0.29, 0.717) is 11.3 Å². The van der Waals surface area contributed by atoms with Crippen molar-refractivity contribution in [3.8, 4) is 0 Å². The van der Waals surface area contributed by atoms with E-state index in [2.05, 4.69) is 5.32 Å². The third kappa shape index (κ3) is 3.41. The number of carbonyl (C=O) groups is 2. The molecular weight excluding hydrogens is 260 g/mol. The third-order valence-corrected chi connectivity index (χ3v) is 3.28. The minimum absolute atomic E-state index is 0.0698. The van der Waals surface area contributed by atoms with Crippen molar-refractivity contribution in [3.63, 3.8) is 0 Å². The fourth-order valence-electron chi connectivity index (χ4n) is 2.27. The number of para-hydroxylation sites is 1. The Balaban J connectivity index is 1.97. The minimum Gasteiger partial charge on any atom is -0.389 e. The van der Waals surface area contributed by atoms with E-state index >= 15 is 0 Å². The van der Waals surface area contributed by atoms with Crippen LogP contribution in [0, 0.1) is 0 Å². The molecule has 108 valence electrons. The van der Waals surface area contributed by atoms with Crippen molar-refractivity contribution < 1.29 is 19.8 Å². The lowest BCUT2D eigenvalue weighted by atomic mass is 10.1. The van der Waals surface area contributed by atoms with Crippen LogP contribution >= 0.6 is 0 Å². The highest BCUT2D eigenvalue weighted by Crippen LogP contribution is 2.16. The van der Waals surface area contributed by atoms with Crippen molar-refractivity contribution in [1.29, 1.82) is 0 Å². The molecule has 1 aliphatic rings. The summed E-state index contributed by atoms with van der Waals surface area (Å²) < 4.78 is 0. The first kappa shape index (κ1) is 14.6. The molecule has 1 aromatic carbocycles. The van der Waals surface area contributed by atoms with Gasteiger partial charge in [0.1, 0.15) is 0 Å². The summed E-state index contributed by atoms with van der Waals surface area (Å²) in [6, 6.07) is 6.80. The van der Waals surface area contributed by atoms with Crippen LogP contribution < -0.4 is 5.32 Å². The van der Waals surface area contributed by atoms with Gasteiger partial charge in [0.25, 0.3) is 0 Å². The van der Waals surface area contributed by atoms with E-state index < -0.39 is 12.2 Å². The molecule has 2 rings (SSSR count). The first-order valence-corrected chi connectivity index (χ1v) is 6.45. The van der Waals surface area contributed by atoms with E-state index in [1.54, 1.807) is 29.2 Å². The molecule has 0 bridgehead atoms. The number of amides is 1. The number of rotatable bonds is 4. The summed E-state index contributed by atoms with van der Waals surface area (Å²) in [5, 5.41) is 21.5. The lowest BCUT2D eigenvalue weighted by Crippen LogP contribution is -2.32. The van der Waals surface area contributed by atoms with Crippen molar-refractivity contribution in [2.24, 2.45) is 0 Å². The standard InChI is InChI=1S/C14H18N2O4/c1-9(17)10-4-2-3-5-11(10)15-14(20)8-16-6-12(18)13(19)7-16/h2-5,12-13,18-19H,6-8H2,1H3,(H,15,20). The fraction of sp³-hybridized carbons (Fsp3) is 0.429. The van der Waals surface area contributed by atoms with Gasteiger partial charge in [-0.1, -0.05) is 12.1 Å². The maximum absolute atomic E-state index is 11.9. The average molecular weight is 278 g/mol. The number of hydrogen-bond acceptors (Lipinski definition) is 5. The second-order valence-electron chi connectivity index (χ2n) is 4.98. The van der Waals surface area contributed by atoms with E-state index in [1.165, 1.54) is 6.92 Å². The predicted octanol–water partition coefficient (Wildman–Crippen LogP) is -0.135. The van der Waals surface area contributed by atoms with E-state index in [0.717, 1.165) is 0 Å². The highest BCUT2D eigenvalue weighted by Gasteiger charge is 2.30. The molecule has 3 N–H and O–H groups in total. The number of β-amino-alcohol motifs (C(OH)–C–C–N with tert-alkyl or cyclic N) is 2. The zero-order chi connectivity index (χ0) is 14.7. The van der Waals surface area contributed by atoms with Gasteiger partial charge in [-0.05, 0) is 19.1 Å². The first-order valence-electron chi connectivity index (χ1n) is 6.45. The van der Waals surface area contributed by atoms with Crippen LogP contribution in [-0.4, -0.2) is 58.6 Å². The Morgan fingerprint density at radius 1 is 1.25 bits per heavy atom. The van der Waals surface area contributed by atoms with E-state index in [9.17, 15) is 19.8 Å². The number of hydrogen-bond donors (Lipinski definition) is 3. The number of anilines is 1. The van der Waals surface area contributed by atoms with Crippen LogP contribution in [0.15, 0.2) is 24.3 Å². The van der Waals surface area contributed by atoms with Gasteiger partial charge in [0.2, 0.25) is 5.91 Å². The minimum atomic E-state index is -0.813. The predicted molar refractivity (Wildman–Crippen MR) is 73.5 cm³/mol. The molecule has 1 heterocycles. The zero-order valence-corrected chi connectivity index (χ0v) is 11.2. The Morgan fingerprint density at radius 3 is 2.45 bits per heavy atom. The second-order valence-corrected chi connectivity index (χ2v) is 4.98. The van der Waals surface area contributed by atoms with Crippen LogP contribution in [0.25, 0.3) is 0 Å². The average Bonchev–Trinajstić information content (AvgIpc) is 2.68. The summed E-state index contributed by atoms with van der Waals surface area (Å²) in [6.07, 6.45) is -1.63. The second kappa shape index (κ2) is 6.13. The molecule has 0 aromatic heterocycles. The van der Waals surface area contributed by atoms with Crippen LogP contribution in [0.1, 0.15) is 17.3 Å². The summed E-state index contributed by atoms with van der Waals surface area (Å²) in [4.78, 5) is 25.0. The number of likely N-dealkylation sites (tertiary alicyclic amines) is 1. The Kier molecular flexibility index (Phi) is 4.49. The van der Waals surface area contributed by atoms with Gasteiger partial charge in [0.15, 0.2) is 5.78 Å². The van der Waals surface area contributed by atoms with Crippen molar-refractivity contribution in [1.82, 2.24) is 4.90 Å². The molecule has 2 unspecified atom stereocenters. The lowest BCUT2D eigenvalue weighted by molar-refractivity contribution is -0.117. The van der Waals surface area contributed by atoms with Gasteiger partial charge in [0, 0.05) is 18.7 Å². The van der Waals surface area contributed by atoms with Crippen LogP contribution in [0.4, 0.5) is 5.69 Å². The highest BCUT2D eigenvalue weighted by atomic mass is 16.3. The molecule has 0 spiro atoms. The number of carbonyl (C=O) groups excluding carboxylic acids is 2. The van der Waals surface area contributed by atoms with Crippen LogP contribution in [0.2, 0.25) is 0 Å². The Bertz CT molecular complexity index is 508. The van der Waals surface area contributed by atoms with E-state index in [1.807, 2.05) is 0 Å². The van der Waals surface area contributed by atoms with Gasteiger partial charge in [-0.25, -0.2) is 0 Å². The number of benzene rings is 1. The van der Waals surface area contributed by atoms with Gasteiger partial charge >= 0.3 is 0 Å². The Hall–Kier alpha value is -1.76. The molecule has 1 fully saturated rings. The fourth-order valence-corrected chi connectivity index (χ4v) is 2.27. The summed E-state index contributed by atoms with van der Waals surface area (Å²) in [5.74, 6) is -0.395. The zero-order valence-electron chi connectivity index (χ0n) is 11.2. The summed E-state index contributed by atoms with van der Waals surface area (Å²) in [6.45, 7) is 2.05. The van der Waals surface area contributed by atoms with Crippen molar-refractivity contribution in [2.75, 3.05) is 25.0 Å². The Labute approximate surface area is 117 Å². The number of aliphatic hydroxyl groups is 2. The number of nitrogens with zero attached hydrogens (tertiary/aromatic N) is 1. The topological polar surface area (TPSA) is 89.9 Å². The maximum atomic E-state index is 11.9. The summed E-state index contributed by atoms with van der Waals surface area (Å²) in [7, 11) is 0. The normalized spacial score (nSPS) is 22.8. The molecule has 1 amide bonds. The molecule has 6 heteroatoms. The van der Waals surface area contributed by atoms with Crippen LogP contribution in [0.3, 0.4) is 0 Å². The van der Waals surface area contributed by atoms with Gasteiger partial charge < -0.3 is 15.5 Å². The maximum Gasteiger partial charge on any atom is 0.238 e. The number of Topliss-reactive ketones (excluding diaryl/α,β-unsaturated/α-hetero) is 1. The number of aliphatic hydroxyl groups excluding tert-OH is 2. The van der Waals surface area contributed by atoms with Gasteiger partial charge in [-0.15, -0.1) is 0 Å². The molecule has 2 atom stereocenters. The SMILES string of the molecule is CC(=O)c1ccccc1NC(=O)CN1CC(O)C(O)C1. The molecule has 1 saturated heterocycles. The van der Waals surface area contributed by atoms with Crippen LogP contribution in [0.5, 0.6) is 0 Å². The quantitative estimate of drug-likeness (QED) is 0.667. The molecule has 0 saturated carbocycles. The van der Waals surface area contributed by atoms with Gasteiger partial charge in [0.05, 0.1) is 24.4 Å². The number of nitrogens with one attached hydrogen (secondary N) is 1. The number of ketones is 1. The Morgan fingerprint density at radius 2 is 1.85 bits per heavy atom. The first-order chi connectivity index (χ1) is 9.47. The van der Waals surface area contributed by atoms with E-state index in [4.69, 9.17) is 0 Å². The molecule has 1 aliphatic heterocycles. The van der Waals surface area contributed by atoms with Crippen molar-refractivity contribution >= 4 is 17.4 Å². The van der Waals surface area contributed by atoms with E-state index in [-0.39, 0.29) is 31.3 Å². The molecule has 1 aromatic rings. The lowest BCUT2D eigenvalue weighted by Gasteiger charge is -2.15. The molecular formula is C14H18N2O4. The summed E-state index contributed by atoms with van der Waals surface area (Å²) >= 11 is 0. The van der Waals surface area contributed by atoms with Crippen LogP contribution in [-0.2, 0) is 4.79 Å². The van der Waals surface area contributed by atoms with Crippen molar-refractivity contribution in [2.45, 2.75) is 19.1 Å². The largest absolute Gasteiger partial charge is 0.389 e. The van der Waals surface area contributed by atoms with Gasteiger partial charge in [-0.3, -0.25) is 14.5 Å². The third-order valence-electron chi connectivity index (χ3n) is 3.28. The molecule has 0 radical (unpaired) electrons. The van der Waals surface area contributed by atoms with Gasteiger partial charge in [-0.2, -0.15) is 0 Å². The molecule has 20 heavy (non-hydrogen) atoms. The van der Waals surface area contributed by atoms with Crippen molar-refractivity contribution in [3.05, 3.63) is 29.8 Å². The highest BCUT2D eigenvalue weighted by molar-refractivity contribution is 6.04.